The van der Waals surface area contributed by atoms with E-state index in [1.807, 2.05) is 91.0 Å². The van der Waals surface area contributed by atoms with Crippen molar-refractivity contribution in [2.45, 2.75) is 19.3 Å². The average Bonchev–Trinajstić information content (AvgIpc) is 3.05. The summed E-state index contributed by atoms with van der Waals surface area (Å²) in [6, 6.07) is 28.4. The normalized spacial score (nSPS) is 17.5. The van der Waals surface area contributed by atoms with E-state index in [4.69, 9.17) is 5.73 Å². The van der Waals surface area contributed by atoms with Crippen LogP contribution in [0.25, 0.3) is 10.9 Å². The van der Waals surface area contributed by atoms with Crippen molar-refractivity contribution >= 4 is 34.4 Å². The van der Waals surface area contributed by atoms with Crippen LogP contribution >= 0.6 is 0 Å². The second-order valence-electron chi connectivity index (χ2n) is 10.8. The molecule has 0 saturated carbocycles. The zero-order valence-corrected chi connectivity index (χ0v) is 24.2. The first-order valence-corrected chi connectivity index (χ1v) is 14.5. The number of carbonyl (C=O) groups excluding carboxylic acids is 3. The highest BCUT2D eigenvalue weighted by atomic mass is 16.2. The van der Waals surface area contributed by atoms with Gasteiger partial charge in [-0.1, -0.05) is 66.7 Å². The number of fused-ring (bicyclic) bond motifs is 2. The zero-order valence-electron chi connectivity index (χ0n) is 24.2. The van der Waals surface area contributed by atoms with Gasteiger partial charge in [-0.05, 0) is 35.4 Å². The van der Waals surface area contributed by atoms with Gasteiger partial charge in [0, 0.05) is 42.3 Å². The summed E-state index contributed by atoms with van der Waals surface area (Å²) in [5, 5.41) is 10.3. The monoisotopic (exact) mass is 590 g/mol. The summed E-state index contributed by atoms with van der Waals surface area (Å²) in [5.74, 6) is -0.423. The number of nitrogens with one attached hydrogen (secondary N) is 2. The topological polar surface area (TPSA) is 127 Å². The van der Waals surface area contributed by atoms with Gasteiger partial charge in [-0.2, -0.15) is 5.01 Å². The largest absolute Gasteiger partial charge is 0.400 e. The van der Waals surface area contributed by atoms with Crippen molar-refractivity contribution in [2.24, 2.45) is 5.73 Å². The second kappa shape index (κ2) is 12.8. The first-order valence-electron chi connectivity index (χ1n) is 14.5. The number of carbonyl (C=O) groups is 3. The second-order valence-corrected chi connectivity index (χ2v) is 10.8. The Balaban J connectivity index is 1.26. The van der Waals surface area contributed by atoms with Crippen LogP contribution < -0.4 is 16.4 Å². The quantitative estimate of drug-likeness (QED) is 0.288. The number of nitrogens with zero attached hydrogens (tertiary/aromatic N) is 5. The molecule has 1 aromatic heterocycles. The van der Waals surface area contributed by atoms with Gasteiger partial charge in [-0.25, -0.2) is 9.80 Å². The van der Waals surface area contributed by atoms with E-state index in [0.29, 0.717) is 18.8 Å². The molecular formula is C33H34N8O3. The van der Waals surface area contributed by atoms with Gasteiger partial charge in [0.25, 0.3) is 0 Å². The van der Waals surface area contributed by atoms with Crippen LogP contribution in [-0.2, 0) is 22.7 Å². The molecule has 0 radical (unpaired) electrons. The van der Waals surface area contributed by atoms with Crippen LogP contribution in [-0.4, -0.2) is 75.0 Å². The minimum absolute atomic E-state index is 0.0998. The molecule has 4 aromatic rings. The van der Waals surface area contributed by atoms with Gasteiger partial charge in [0.05, 0.1) is 25.2 Å². The van der Waals surface area contributed by atoms with Gasteiger partial charge in [0.15, 0.2) is 0 Å². The lowest BCUT2D eigenvalue weighted by Crippen LogP contribution is -2.74. The van der Waals surface area contributed by atoms with Gasteiger partial charge in [-0.3, -0.25) is 14.6 Å². The number of anilines is 1. The smallest absolute Gasteiger partial charge is 0.334 e. The van der Waals surface area contributed by atoms with E-state index in [1.165, 1.54) is 9.91 Å². The Kier molecular flexibility index (Phi) is 8.37. The molecule has 0 spiro atoms. The molecule has 6 rings (SSSR count). The van der Waals surface area contributed by atoms with E-state index in [9.17, 15) is 14.4 Å². The Morgan fingerprint density at radius 3 is 2.48 bits per heavy atom. The third-order valence-electron chi connectivity index (χ3n) is 7.78. The molecule has 4 amide bonds. The van der Waals surface area contributed by atoms with Crippen molar-refractivity contribution in [3.63, 3.8) is 0 Å². The Hall–Kier alpha value is -5.42. The van der Waals surface area contributed by atoms with Crippen molar-refractivity contribution in [1.82, 2.24) is 30.1 Å². The minimum atomic E-state index is -0.715. The molecule has 4 N–H and O–H groups in total. The highest BCUT2D eigenvalue weighted by Crippen LogP contribution is 2.26. The van der Waals surface area contributed by atoms with E-state index in [2.05, 4.69) is 15.6 Å². The highest BCUT2D eigenvalue weighted by molar-refractivity contribution is 5.89. The van der Waals surface area contributed by atoms with Crippen LogP contribution in [0.4, 0.5) is 10.5 Å². The molecule has 3 heterocycles. The van der Waals surface area contributed by atoms with Gasteiger partial charge in [0.2, 0.25) is 11.8 Å². The van der Waals surface area contributed by atoms with Crippen LogP contribution in [0.3, 0.4) is 0 Å². The van der Waals surface area contributed by atoms with Crippen LogP contribution in [0.2, 0.25) is 0 Å². The number of benzene rings is 3. The molecule has 2 fully saturated rings. The summed E-state index contributed by atoms with van der Waals surface area (Å²) in [5.41, 5.74) is 10.4. The molecule has 44 heavy (non-hydrogen) atoms. The molecule has 3 aromatic carbocycles. The summed E-state index contributed by atoms with van der Waals surface area (Å²) in [6.45, 7) is 0.668. The highest BCUT2D eigenvalue weighted by Gasteiger charge is 2.46. The van der Waals surface area contributed by atoms with Crippen LogP contribution in [0.15, 0.2) is 109 Å². The molecule has 11 nitrogen and oxygen atoms in total. The zero-order chi connectivity index (χ0) is 30.5. The summed E-state index contributed by atoms with van der Waals surface area (Å²) in [6.07, 6.45) is 2.68. The molecule has 224 valence electrons. The summed E-state index contributed by atoms with van der Waals surface area (Å²) >= 11 is 0. The molecule has 1 unspecified atom stereocenters. The maximum Gasteiger partial charge on any atom is 0.334 e. The van der Waals surface area contributed by atoms with Crippen molar-refractivity contribution < 1.29 is 14.4 Å². The maximum absolute atomic E-state index is 13.9. The number of hydrogen-bond acceptors (Lipinski definition) is 7. The summed E-state index contributed by atoms with van der Waals surface area (Å²) in [4.78, 5) is 48.3. The van der Waals surface area contributed by atoms with Crippen molar-refractivity contribution in [2.75, 3.05) is 31.5 Å². The van der Waals surface area contributed by atoms with E-state index in [-0.39, 0.29) is 44.0 Å². The maximum atomic E-state index is 13.9. The lowest BCUT2D eigenvalue weighted by Gasteiger charge is -2.52. The number of rotatable bonds is 8. The number of amides is 4. The fourth-order valence-corrected chi connectivity index (χ4v) is 5.60. The van der Waals surface area contributed by atoms with E-state index >= 15 is 0 Å². The predicted molar refractivity (Wildman–Crippen MR) is 167 cm³/mol. The van der Waals surface area contributed by atoms with Gasteiger partial charge in [0.1, 0.15) is 12.7 Å². The third-order valence-corrected chi connectivity index (χ3v) is 7.78. The number of piperazine rings is 1. The molecule has 2 aliphatic rings. The minimum Gasteiger partial charge on any atom is -0.400 e. The molecule has 0 aliphatic carbocycles. The molecule has 1 atom stereocenters. The molecule has 2 aliphatic heterocycles. The number of hydrogen-bond donors (Lipinski definition) is 3. The summed E-state index contributed by atoms with van der Waals surface area (Å²) < 4.78 is 0. The van der Waals surface area contributed by atoms with E-state index in [0.717, 1.165) is 27.7 Å². The first-order chi connectivity index (χ1) is 21.5. The van der Waals surface area contributed by atoms with Crippen molar-refractivity contribution in [3.05, 3.63) is 120 Å². The number of hydrazine groups is 1. The Morgan fingerprint density at radius 2 is 1.68 bits per heavy atom. The molecule has 2 saturated heterocycles. The number of pyridine rings is 1. The average molecular weight is 591 g/mol. The first kappa shape index (κ1) is 28.7. The molecule has 11 heteroatoms. The Labute approximate surface area is 255 Å². The number of aromatic nitrogens is 1. The number of para-hydroxylation sites is 1. The van der Waals surface area contributed by atoms with Crippen molar-refractivity contribution in [1.29, 1.82) is 0 Å². The molecular weight excluding hydrogens is 556 g/mol. The number of urea groups is 1. The van der Waals surface area contributed by atoms with E-state index in [1.54, 1.807) is 22.3 Å². The predicted octanol–water partition coefficient (Wildman–Crippen LogP) is 3.09. The third kappa shape index (κ3) is 6.32. The van der Waals surface area contributed by atoms with Gasteiger partial charge < -0.3 is 26.2 Å². The van der Waals surface area contributed by atoms with Crippen LogP contribution in [0, 0.1) is 0 Å². The van der Waals surface area contributed by atoms with Gasteiger partial charge >= 0.3 is 6.03 Å². The molecule has 0 bridgehead atoms. The lowest BCUT2D eigenvalue weighted by atomic mass is 10.1. The SMILES string of the molecule is N/C(=C\Nc1ccccc1)CN1CC(=O)N2CC(=O)N(Cc3cccc4ncccc34)CC2N1C(=O)NCc1ccccc1. The standard InChI is InChI=1S/C33H34N8O3/c34-26(18-36-27-12-5-2-6-13-27)20-39-22-32(43)40-23-31(42)38(19-25-11-7-15-29-28(25)14-8-16-35-29)21-30(40)41(39)33(44)37-17-24-9-3-1-4-10-24/h1-16,18,30,36H,17,19-23,34H2,(H,37,44)/b26-18-. The Bertz CT molecular complexity index is 1680. The number of nitrogens with two attached hydrogens (primary N) is 1. The Morgan fingerprint density at radius 1 is 0.909 bits per heavy atom. The van der Waals surface area contributed by atoms with Crippen molar-refractivity contribution in [3.8, 4) is 0 Å². The van der Waals surface area contributed by atoms with Crippen LogP contribution in [0.1, 0.15) is 11.1 Å². The summed E-state index contributed by atoms with van der Waals surface area (Å²) in [7, 11) is 0. The fourth-order valence-electron chi connectivity index (χ4n) is 5.60. The van der Waals surface area contributed by atoms with Gasteiger partial charge in [-0.15, -0.1) is 0 Å². The fraction of sp³-hybridized carbons (Fsp3) is 0.212. The van der Waals surface area contributed by atoms with Crippen LogP contribution in [0.5, 0.6) is 0 Å². The lowest BCUT2D eigenvalue weighted by molar-refractivity contribution is -0.181. The van der Waals surface area contributed by atoms with E-state index < -0.39 is 6.17 Å².